The molecule has 0 spiro atoms. The van der Waals surface area contributed by atoms with E-state index in [1.807, 2.05) is 28.8 Å². The van der Waals surface area contributed by atoms with Crippen LogP contribution in [0.2, 0.25) is 0 Å². The first-order valence-corrected chi connectivity index (χ1v) is 10.7. The minimum absolute atomic E-state index is 0.0269. The average molecular weight is 437 g/mol. The van der Waals surface area contributed by atoms with Crippen LogP contribution in [0.25, 0.3) is 28.2 Å². The van der Waals surface area contributed by atoms with E-state index in [-0.39, 0.29) is 11.6 Å². The van der Waals surface area contributed by atoms with Crippen LogP contribution >= 0.6 is 0 Å². The van der Waals surface area contributed by atoms with Gasteiger partial charge in [0, 0.05) is 36.6 Å². The summed E-state index contributed by atoms with van der Waals surface area (Å²) in [6.07, 6.45) is 3.72. The number of hydrogen-bond acceptors (Lipinski definition) is 6. The second-order valence-electron chi connectivity index (χ2n) is 8.09. The summed E-state index contributed by atoms with van der Waals surface area (Å²) in [6.45, 7) is 1.60. The first-order valence-electron chi connectivity index (χ1n) is 10.7. The van der Waals surface area contributed by atoms with Gasteiger partial charge in [-0.3, -0.25) is 4.57 Å². The molecule has 0 radical (unpaired) electrons. The van der Waals surface area contributed by atoms with Crippen molar-refractivity contribution >= 4 is 16.9 Å². The molecule has 1 saturated heterocycles. The average Bonchev–Trinajstić information content (AvgIpc) is 3.24. The normalized spacial score (nSPS) is 15.9. The molecule has 2 aromatic heterocycles. The Kier molecular flexibility index (Phi) is 5.21. The summed E-state index contributed by atoms with van der Waals surface area (Å²) in [5.41, 5.74) is 10.2. The second kappa shape index (κ2) is 8.34. The molecule has 162 valence electrons. The number of benzene rings is 2. The number of anilines is 1. The zero-order valence-electron chi connectivity index (χ0n) is 17.7. The van der Waals surface area contributed by atoms with Gasteiger partial charge in [0.15, 0.2) is 5.65 Å². The Morgan fingerprint density at radius 1 is 1.06 bits per heavy atom. The van der Waals surface area contributed by atoms with E-state index in [0.717, 1.165) is 37.3 Å². The van der Waals surface area contributed by atoms with E-state index in [0.29, 0.717) is 28.1 Å². The molecule has 0 aliphatic carbocycles. The molecule has 1 aliphatic rings. The number of aromatic nitrogens is 3. The van der Waals surface area contributed by atoms with E-state index in [1.54, 1.807) is 24.4 Å². The maximum atomic E-state index is 14.5. The molecule has 2 aromatic carbocycles. The van der Waals surface area contributed by atoms with Gasteiger partial charge in [0.05, 0.1) is 22.9 Å². The van der Waals surface area contributed by atoms with Crippen LogP contribution in [0.15, 0.2) is 54.7 Å². The van der Waals surface area contributed by atoms with Crippen molar-refractivity contribution in [1.82, 2.24) is 14.5 Å². The van der Waals surface area contributed by atoms with E-state index >= 15 is 0 Å². The van der Waals surface area contributed by atoms with Crippen molar-refractivity contribution < 1.29 is 4.39 Å². The quantitative estimate of drug-likeness (QED) is 0.521. The van der Waals surface area contributed by atoms with Crippen LogP contribution in [0.4, 0.5) is 10.1 Å². The van der Waals surface area contributed by atoms with Gasteiger partial charge in [0.2, 0.25) is 0 Å². The van der Waals surface area contributed by atoms with Crippen LogP contribution in [0.5, 0.6) is 0 Å². The van der Waals surface area contributed by atoms with E-state index in [1.165, 1.54) is 12.1 Å². The molecule has 0 unspecified atom stereocenters. The van der Waals surface area contributed by atoms with E-state index in [2.05, 4.69) is 16.0 Å². The number of piperidine rings is 1. The molecule has 8 heteroatoms. The molecule has 1 fully saturated rings. The summed E-state index contributed by atoms with van der Waals surface area (Å²) < 4.78 is 16.4. The second-order valence-corrected chi connectivity index (χ2v) is 8.09. The van der Waals surface area contributed by atoms with Crippen LogP contribution in [-0.2, 0) is 0 Å². The van der Waals surface area contributed by atoms with Crippen LogP contribution in [0.3, 0.4) is 0 Å². The standard InChI is InChI=1S/C25H20FN7/c26-21-12-17(5-6-18(21)14-28)24-31-23-22(32-11-1-2-19(29)15-32)9-10-30-25(23)33(24)20-7-3-16(13-27)4-8-20/h3-10,12,19H,1-2,11,15,29H2/t19-/m1/s1. The number of fused-ring (bicyclic) bond motifs is 1. The van der Waals surface area contributed by atoms with Gasteiger partial charge in [0.25, 0.3) is 0 Å². The third-order valence-corrected chi connectivity index (χ3v) is 5.93. The van der Waals surface area contributed by atoms with Crippen molar-refractivity contribution in [3.8, 4) is 29.2 Å². The zero-order valence-corrected chi connectivity index (χ0v) is 17.7. The molecule has 3 heterocycles. The molecule has 0 bridgehead atoms. The van der Waals surface area contributed by atoms with Gasteiger partial charge in [-0.25, -0.2) is 14.4 Å². The Morgan fingerprint density at radius 3 is 2.58 bits per heavy atom. The Bertz CT molecular complexity index is 1430. The molecule has 4 aromatic rings. The lowest BCUT2D eigenvalue weighted by Gasteiger charge is -2.32. The fraction of sp³-hybridized carbons (Fsp3) is 0.200. The van der Waals surface area contributed by atoms with Gasteiger partial charge in [-0.1, -0.05) is 0 Å². The van der Waals surface area contributed by atoms with Gasteiger partial charge in [0.1, 0.15) is 23.2 Å². The number of pyridine rings is 1. The Hall–Kier alpha value is -4.27. The van der Waals surface area contributed by atoms with Crippen LogP contribution in [0, 0.1) is 28.5 Å². The predicted octanol–water partition coefficient (Wildman–Crippen LogP) is 3.90. The van der Waals surface area contributed by atoms with Crippen LogP contribution < -0.4 is 10.6 Å². The number of hydrogen-bond donors (Lipinski definition) is 1. The van der Waals surface area contributed by atoms with Gasteiger partial charge in [-0.2, -0.15) is 10.5 Å². The first-order chi connectivity index (χ1) is 16.1. The highest BCUT2D eigenvalue weighted by Crippen LogP contribution is 2.34. The molecule has 1 aliphatic heterocycles. The lowest BCUT2D eigenvalue weighted by atomic mass is 10.1. The predicted molar refractivity (Wildman–Crippen MR) is 123 cm³/mol. The third kappa shape index (κ3) is 3.67. The Morgan fingerprint density at radius 2 is 1.88 bits per heavy atom. The van der Waals surface area contributed by atoms with Gasteiger partial charge in [-0.05, 0) is 61.4 Å². The summed E-state index contributed by atoms with van der Waals surface area (Å²) >= 11 is 0. The van der Waals surface area contributed by atoms with Crippen LogP contribution in [0.1, 0.15) is 24.0 Å². The fourth-order valence-corrected chi connectivity index (χ4v) is 4.31. The van der Waals surface area contributed by atoms with Crippen molar-refractivity contribution in [1.29, 1.82) is 10.5 Å². The minimum atomic E-state index is -0.608. The number of halogens is 1. The molecule has 1 atom stereocenters. The maximum absolute atomic E-state index is 14.5. The molecule has 0 saturated carbocycles. The monoisotopic (exact) mass is 437 g/mol. The summed E-state index contributed by atoms with van der Waals surface area (Å²) in [7, 11) is 0. The highest BCUT2D eigenvalue weighted by Gasteiger charge is 2.24. The maximum Gasteiger partial charge on any atom is 0.167 e. The summed E-state index contributed by atoms with van der Waals surface area (Å²) in [5.74, 6) is -0.108. The minimum Gasteiger partial charge on any atom is -0.368 e. The number of nitriles is 2. The smallest absolute Gasteiger partial charge is 0.167 e. The van der Waals surface area contributed by atoms with Crippen molar-refractivity contribution in [3.63, 3.8) is 0 Å². The molecular formula is C25H20FN7. The summed E-state index contributed by atoms with van der Waals surface area (Å²) in [4.78, 5) is 11.7. The number of nitrogens with two attached hydrogens (primary N) is 1. The number of rotatable bonds is 3. The molecule has 33 heavy (non-hydrogen) atoms. The lowest BCUT2D eigenvalue weighted by Crippen LogP contribution is -2.42. The van der Waals surface area contributed by atoms with Gasteiger partial charge < -0.3 is 10.6 Å². The largest absolute Gasteiger partial charge is 0.368 e. The van der Waals surface area contributed by atoms with E-state index < -0.39 is 5.82 Å². The van der Waals surface area contributed by atoms with Gasteiger partial charge >= 0.3 is 0 Å². The first kappa shape index (κ1) is 20.6. The summed E-state index contributed by atoms with van der Waals surface area (Å²) in [5, 5.41) is 18.3. The fourth-order valence-electron chi connectivity index (χ4n) is 4.31. The zero-order chi connectivity index (χ0) is 22.9. The van der Waals surface area contributed by atoms with Crippen molar-refractivity contribution in [2.75, 3.05) is 18.0 Å². The van der Waals surface area contributed by atoms with Crippen molar-refractivity contribution in [3.05, 3.63) is 71.7 Å². The highest BCUT2D eigenvalue weighted by atomic mass is 19.1. The molecule has 0 amide bonds. The Balaban J connectivity index is 1.75. The number of imidazole rings is 1. The van der Waals surface area contributed by atoms with Crippen molar-refractivity contribution in [2.24, 2.45) is 5.73 Å². The van der Waals surface area contributed by atoms with Crippen LogP contribution in [-0.4, -0.2) is 33.7 Å². The lowest BCUT2D eigenvalue weighted by molar-refractivity contribution is 0.507. The summed E-state index contributed by atoms with van der Waals surface area (Å²) in [6, 6.07) is 17.5. The molecule has 5 rings (SSSR count). The van der Waals surface area contributed by atoms with E-state index in [4.69, 9.17) is 16.0 Å². The third-order valence-electron chi connectivity index (χ3n) is 5.93. The van der Waals surface area contributed by atoms with Crippen molar-refractivity contribution in [2.45, 2.75) is 18.9 Å². The SMILES string of the molecule is N#Cc1ccc(-n2c(-c3ccc(C#N)c(F)c3)nc3c(N4CCC[C@@H](N)C4)ccnc32)cc1. The topological polar surface area (TPSA) is 108 Å². The Labute approximate surface area is 190 Å². The molecule has 7 nitrogen and oxygen atoms in total. The highest BCUT2D eigenvalue weighted by molar-refractivity contribution is 5.90. The van der Waals surface area contributed by atoms with E-state index in [9.17, 15) is 9.65 Å². The molecule has 2 N–H and O–H groups in total. The molecular weight excluding hydrogens is 417 g/mol. The van der Waals surface area contributed by atoms with Gasteiger partial charge in [-0.15, -0.1) is 0 Å². The number of nitrogens with zero attached hydrogens (tertiary/aromatic N) is 6.